The van der Waals surface area contributed by atoms with Crippen LogP contribution in [0.3, 0.4) is 0 Å². The van der Waals surface area contributed by atoms with Crippen molar-refractivity contribution < 1.29 is 13.6 Å². The first kappa shape index (κ1) is 15.1. The van der Waals surface area contributed by atoms with Crippen molar-refractivity contribution >= 4 is 55.8 Å². The first-order chi connectivity index (χ1) is 10.5. The lowest BCUT2D eigenvalue weighted by Crippen LogP contribution is -2.13. The standard InChI is InChI=1S/C14H6Cl2F2N2OS/c15-8-3-4-9(16)12-11(8)19-14(22-12)20-13(21)7-2-1-6(17)5-10(7)18/h1-5H,(H,19,20,21). The molecular weight excluding hydrogens is 353 g/mol. The van der Waals surface area contributed by atoms with E-state index in [9.17, 15) is 13.6 Å². The van der Waals surface area contributed by atoms with E-state index in [1.165, 1.54) is 0 Å². The van der Waals surface area contributed by atoms with E-state index in [1.54, 1.807) is 12.1 Å². The highest BCUT2D eigenvalue weighted by Gasteiger charge is 2.16. The largest absolute Gasteiger partial charge is 0.298 e. The molecule has 112 valence electrons. The van der Waals surface area contributed by atoms with Crippen LogP contribution in [0.2, 0.25) is 10.0 Å². The van der Waals surface area contributed by atoms with Gasteiger partial charge in [0.15, 0.2) is 5.13 Å². The van der Waals surface area contributed by atoms with Crippen LogP contribution < -0.4 is 5.32 Å². The average molecular weight is 359 g/mol. The maximum atomic E-state index is 13.6. The number of carbonyl (C=O) groups excluding carboxylic acids is 1. The second-order valence-corrected chi connectivity index (χ2v) is 6.12. The minimum absolute atomic E-state index is 0.221. The number of nitrogens with zero attached hydrogens (tertiary/aromatic N) is 1. The smallest absolute Gasteiger partial charge is 0.260 e. The summed E-state index contributed by atoms with van der Waals surface area (Å²) >= 11 is 13.2. The summed E-state index contributed by atoms with van der Waals surface area (Å²) in [4.78, 5) is 16.2. The second kappa shape index (κ2) is 5.79. The Kier molecular flexibility index (Phi) is 3.99. The summed E-state index contributed by atoms with van der Waals surface area (Å²) in [5, 5.41) is 3.51. The lowest BCUT2D eigenvalue weighted by Gasteiger charge is -2.02. The number of thiazole rings is 1. The van der Waals surface area contributed by atoms with Crippen molar-refractivity contribution in [3.05, 3.63) is 57.6 Å². The number of benzene rings is 2. The molecular formula is C14H6Cl2F2N2OS. The SMILES string of the molecule is O=C(Nc1nc2c(Cl)ccc(Cl)c2s1)c1ccc(F)cc1F. The molecule has 0 aliphatic heterocycles. The molecule has 1 amide bonds. The third-order valence-corrected chi connectivity index (χ3v) is 4.58. The van der Waals surface area contributed by atoms with Crippen LogP contribution in [0.25, 0.3) is 10.2 Å². The van der Waals surface area contributed by atoms with Gasteiger partial charge < -0.3 is 0 Å². The molecule has 0 saturated carbocycles. The summed E-state index contributed by atoms with van der Waals surface area (Å²) in [6.45, 7) is 0. The molecule has 0 spiro atoms. The average Bonchev–Trinajstić information content (AvgIpc) is 2.88. The molecule has 0 aliphatic rings. The zero-order valence-corrected chi connectivity index (χ0v) is 13.0. The number of hydrogen-bond acceptors (Lipinski definition) is 3. The molecule has 3 aromatic rings. The maximum absolute atomic E-state index is 13.6. The van der Waals surface area contributed by atoms with Crippen molar-refractivity contribution in [2.24, 2.45) is 0 Å². The van der Waals surface area contributed by atoms with E-state index < -0.39 is 17.5 Å². The van der Waals surface area contributed by atoms with Gasteiger partial charge in [-0.1, -0.05) is 34.5 Å². The van der Waals surface area contributed by atoms with Crippen molar-refractivity contribution in [1.82, 2.24) is 4.98 Å². The van der Waals surface area contributed by atoms with E-state index in [1.807, 2.05) is 0 Å². The predicted octanol–water partition coefficient (Wildman–Crippen LogP) is 5.13. The third-order valence-electron chi connectivity index (χ3n) is 2.84. The Morgan fingerprint density at radius 2 is 1.86 bits per heavy atom. The zero-order valence-electron chi connectivity index (χ0n) is 10.7. The Balaban J connectivity index is 1.94. The topological polar surface area (TPSA) is 42.0 Å². The van der Waals surface area contributed by atoms with Crippen LogP contribution in [-0.2, 0) is 0 Å². The van der Waals surface area contributed by atoms with Gasteiger partial charge in [0.25, 0.3) is 5.91 Å². The normalized spacial score (nSPS) is 10.9. The molecule has 0 aliphatic carbocycles. The number of nitrogens with one attached hydrogen (secondary N) is 1. The number of anilines is 1. The molecule has 8 heteroatoms. The highest BCUT2D eigenvalue weighted by molar-refractivity contribution is 7.23. The molecule has 1 N–H and O–H groups in total. The highest BCUT2D eigenvalue weighted by Crippen LogP contribution is 2.36. The molecule has 1 heterocycles. The van der Waals surface area contributed by atoms with Gasteiger partial charge in [0, 0.05) is 6.07 Å². The van der Waals surface area contributed by atoms with Gasteiger partial charge in [0.1, 0.15) is 17.2 Å². The van der Waals surface area contributed by atoms with Gasteiger partial charge in [-0.3, -0.25) is 10.1 Å². The van der Waals surface area contributed by atoms with Gasteiger partial charge in [0.2, 0.25) is 0 Å². The molecule has 22 heavy (non-hydrogen) atoms. The van der Waals surface area contributed by atoms with Gasteiger partial charge in [-0.05, 0) is 24.3 Å². The van der Waals surface area contributed by atoms with Crippen LogP contribution in [-0.4, -0.2) is 10.9 Å². The lowest BCUT2D eigenvalue weighted by atomic mass is 10.2. The van der Waals surface area contributed by atoms with Crippen LogP contribution in [0, 0.1) is 11.6 Å². The Morgan fingerprint density at radius 3 is 2.55 bits per heavy atom. The Hall–Kier alpha value is -1.76. The number of fused-ring (bicyclic) bond motifs is 1. The van der Waals surface area contributed by atoms with Crippen molar-refractivity contribution in [3.8, 4) is 0 Å². The van der Waals surface area contributed by atoms with E-state index in [0.29, 0.717) is 26.3 Å². The van der Waals surface area contributed by atoms with Crippen molar-refractivity contribution in [1.29, 1.82) is 0 Å². The van der Waals surface area contributed by atoms with Gasteiger partial charge in [0.05, 0.1) is 20.3 Å². The Bertz CT molecular complexity index is 859. The number of amides is 1. The predicted molar refractivity (Wildman–Crippen MR) is 84.0 cm³/mol. The van der Waals surface area contributed by atoms with Gasteiger partial charge in [-0.15, -0.1) is 0 Å². The fraction of sp³-hybridized carbons (Fsp3) is 0. The first-order valence-corrected chi connectivity index (χ1v) is 7.54. The highest BCUT2D eigenvalue weighted by atomic mass is 35.5. The molecule has 1 aromatic heterocycles. The van der Waals surface area contributed by atoms with Gasteiger partial charge >= 0.3 is 0 Å². The quantitative estimate of drug-likeness (QED) is 0.689. The summed E-state index contributed by atoms with van der Waals surface area (Å²) in [7, 11) is 0. The lowest BCUT2D eigenvalue weighted by molar-refractivity contribution is 0.102. The van der Waals surface area contributed by atoms with E-state index in [4.69, 9.17) is 23.2 Å². The molecule has 3 nitrogen and oxygen atoms in total. The maximum Gasteiger partial charge on any atom is 0.260 e. The molecule has 2 aromatic carbocycles. The molecule has 0 unspecified atom stereocenters. The van der Waals surface area contributed by atoms with E-state index in [-0.39, 0.29) is 10.7 Å². The summed E-state index contributed by atoms with van der Waals surface area (Å²) in [5.41, 5.74) is 0.173. The van der Waals surface area contributed by atoms with Crippen LogP contribution in [0.1, 0.15) is 10.4 Å². The second-order valence-electron chi connectivity index (χ2n) is 4.30. The van der Waals surface area contributed by atoms with E-state index in [2.05, 4.69) is 10.3 Å². The van der Waals surface area contributed by atoms with Crippen LogP contribution in [0.5, 0.6) is 0 Å². The molecule has 0 radical (unpaired) electrons. The Labute approximate surface area is 137 Å². The minimum atomic E-state index is -0.949. The molecule has 0 bridgehead atoms. The summed E-state index contributed by atoms with van der Waals surface area (Å²) in [6.07, 6.45) is 0. The zero-order chi connectivity index (χ0) is 15.9. The van der Waals surface area contributed by atoms with Crippen molar-refractivity contribution in [2.45, 2.75) is 0 Å². The summed E-state index contributed by atoms with van der Waals surface area (Å²) in [6, 6.07) is 5.92. The molecule has 3 rings (SSSR count). The number of halogens is 4. The van der Waals surface area contributed by atoms with E-state index >= 15 is 0 Å². The van der Waals surface area contributed by atoms with Crippen molar-refractivity contribution in [2.75, 3.05) is 5.32 Å². The van der Waals surface area contributed by atoms with E-state index in [0.717, 1.165) is 23.5 Å². The fourth-order valence-electron chi connectivity index (χ4n) is 1.84. The first-order valence-electron chi connectivity index (χ1n) is 5.96. The van der Waals surface area contributed by atoms with Crippen LogP contribution in [0.4, 0.5) is 13.9 Å². The number of hydrogen-bond donors (Lipinski definition) is 1. The monoisotopic (exact) mass is 358 g/mol. The van der Waals surface area contributed by atoms with Crippen molar-refractivity contribution in [3.63, 3.8) is 0 Å². The van der Waals surface area contributed by atoms with Gasteiger partial charge in [-0.25, -0.2) is 13.8 Å². The van der Waals surface area contributed by atoms with Gasteiger partial charge in [-0.2, -0.15) is 0 Å². The summed E-state index contributed by atoms with van der Waals surface area (Å²) < 4.78 is 27.0. The minimum Gasteiger partial charge on any atom is -0.298 e. The van der Waals surface area contributed by atoms with Crippen LogP contribution >= 0.6 is 34.5 Å². The molecule has 0 saturated heterocycles. The Morgan fingerprint density at radius 1 is 1.14 bits per heavy atom. The number of rotatable bonds is 2. The molecule has 0 atom stereocenters. The summed E-state index contributed by atoms with van der Waals surface area (Å²) in [5.74, 6) is -2.44. The molecule has 0 fully saturated rings. The number of aromatic nitrogens is 1. The third kappa shape index (κ3) is 2.77. The number of carbonyl (C=O) groups is 1. The van der Waals surface area contributed by atoms with Crippen LogP contribution in [0.15, 0.2) is 30.3 Å². The fourth-order valence-corrected chi connectivity index (χ4v) is 3.25.